The van der Waals surface area contributed by atoms with Crippen LogP contribution in [0, 0.1) is 0 Å². The third-order valence-electron chi connectivity index (χ3n) is 5.05. The smallest absolute Gasteiger partial charge is 0.250 e. The molecule has 0 unspecified atom stereocenters. The van der Waals surface area contributed by atoms with E-state index in [0.29, 0.717) is 15.0 Å². The summed E-state index contributed by atoms with van der Waals surface area (Å²) < 4.78 is 1.68. The molecule has 1 amide bonds. The van der Waals surface area contributed by atoms with Crippen molar-refractivity contribution in [2.75, 3.05) is 5.32 Å². The van der Waals surface area contributed by atoms with Gasteiger partial charge in [-0.25, -0.2) is 4.52 Å². The number of rotatable bonds is 5. The maximum absolute atomic E-state index is 13.3. The number of nitrogens with zero attached hydrogens (tertiary/aromatic N) is 3. The lowest BCUT2D eigenvalue weighted by atomic mass is 9.90. The summed E-state index contributed by atoms with van der Waals surface area (Å²) in [6, 6.07) is 24.6. The lowest BCUT2D eigenvalue weighted by Crippen LogP contribution is -2.23. The molecule has 0 atom stereocenters. The summed E-state index contributed by atoms with van der Waals surface area (Å²) >= 11 is 13.8. The Balaban J connectivity index is 1.48. The minimum atomic E-state index is -0.482. The van der Waals surface area contributed by atoms with Crippen LogP contribution < -0.4 is 5.32 Å². The SMILES string of the molecule is O=C(Nc1nc2scc(-c3ccc(Cl)cc3Cl)n2n1)C(c1ccccc1)c1ccccc1. The van der Waals surface area contributed by atoms with E-state index in [1.54, 1.807) is 16.6 Å². The number of benzene rings is 3. The lowest BCUT2D eigenvalue weighted by Gasteiger charge is -2.16. The molecule has 0 fully saturated rings. The standard InChI is InChI=1S/C24H16Cl2N4OS/c25-17-11-12-18(19(26)13-17)20-14-32-24-28-23(29-30(20)24)27-22(31)21(15-7-3-1-4-8-15)16-9-5-2-6-10-16/h1-14,21H,(H,27,29,31). The first kappa shape index (κ1) is 20.7. The Kier molecular flexibility index (Phi) is 5.66. The molecule has 158 valence electrons. The van der Waals surface area contributed by atoms with Crippen molar-refractivity contribution in [3.8, 4) is 11.3 Å². The van der Waals surface area contributed by atoms with Crippen molar-refractivity contribution in [3.05, 3.63) is 105 Å². The van der Waals surface area contributed by atoms with Gasteiger partial charge in [0.25, 0.3) is 0 Å². The molecule has 5 aromatic rings. The number of anilines is 1. The second kappa shape index (κ2) is 8.74. The second-order valence-electron chi connectivity index (χ2n) is 7.12. The average molecular weight is 479 g/mol. The van der Waals surface area contributed by atoms with Crippen LogP contribution in [-0.2, 0) is 4.79 Å². The summed E-state index contributed by atoms with van der Waals surface area (Å²) in [4.78, 5) is 18.5. The number of carbonyl (C=O) groups excluding carboxylic acids is 1. The highest BCUT2D eigenvalue weighted by Crippen LogP contribution is 2.33. The van der Waals surface area contributed by atoms with Crippen LogP contribution in [0.15, 0.2) is 84.2 Å². The molecule has 32 heavy (non-hydrogen) atoms. The Hall–Kier alpha value is -3.19. The number of halogens is 2. The average Bonchev–Trinajstić information content (AvgIpc) is 3.36. The maximum Gasteiger partial charge on any atom is 0.250 e. The highest BCUT2D eigenvalue weighted by atomic mass is 35.5. The van der Waals surface area contributed by atoms with E-state index in [1.165, 1.54) is 11.3 Å². The Morgan fingerprint density at radius 3 is 2.22 bits per heavy atom. The zero-order valence-corrected chi connectivity index (χ0v) is 18.9. The van der Waals surface area contributed by atoms with Gasteiger partial charge in [-0.1, -0.05) is 83.9 Å². The lowest BCUT2D eigenvalue weighted by molar-refractivity contribution is -0.116. The highest BCUT2D eigenvalue weighted by molar-refractivity contribution is 7.15. The number of aromatic nitrogens is 3. The van der Waals surface area contributed by atoms with E-state index in [1.807, 2.05) is 72.1 Å². The van der Waals surface area contributed by atoms with Crippen molar-refractivity contribution < 1.29 is 4.79 Å². The van der Waals surface area contributed by atoms with Crippen molar-refractivity contribution in [3.63, 3.8) is 0 Å². The molecule has 0 saturated heterocycles. The van der Waals surface area contributed by atoms with Gasteiger partial charge in [-0.15, -0.1) is 16.4 Å². The highest BCUT2D eigenvalue weighted by Gasteiger charge is 2.24. The van der Waals surface area contributed by atoms with Gasteiger partial charge in [-0.3, -0.25) is 10.1 Å². The zero-order valence-electron chi connectivity index (χ0n) is 16.6. The van der Waals surface area contributed by atoms with Crippen molar-refractivity contribution in [2.24, 2.45) is 0 Å². The molecule has 2 aromatic heterocycles. The molecule has 0 aliphatic carbocycles. The molecular formula is C24H16Cl2N4OS. The molecule has 5 rings (SSSR count). The molecule has 0 aliphatic heterocycles. The van der Waals surface area contributed by atoms with Crippen LogP contribution in [0.1, 0.15) is 17.0 Å². The maximum atomic E-state index is 13.3. The summed E-state index contributed by atoms with van der Waals surface area (Å²) in [7, 11) is 0. The van der Waals surface area contributed by atoms with E-state index in [-0.39, 0.29) is 11.9 Å². The predicted molar refractivity (Wildman–Crippen MR) is 130 cm³/mol. The molecule has 0 radical (unpaired) electrons. The summed E-state index contributed by atoms with van der Waals surface area (Å²) in [5, 5.41) is 10.4. The quantitative estimate of drug-likeness (QED) is 0.312. The molecule has 0 bridgehead atoms. The first-order valence-corrected chi connectivity index (χ1v) is 11.4. The molecule has 3 aromatic carbocycles. The number of fused-ring (bicyclic) bond motifs is 1. The van der Waals surface area contributed by atoms with Crippen LogP contribution in [0.3, 0.4) is 0 Å². The van der Waals surface area contributed by atoms with Gasteiger partial charge in [-0.05, 0) is 29.3 Å². The Morgan fingerprint density at radius 1 is 0.938 bits per heavy atom. The van der Waals surface area contributed by atoms with E-state index < -0.39 is 5.92 Å². The first-order chi connectivity index (χ1) is 15.6. The van der Waals surface area contributed by atoms with Crippen LogP contribution in [0.2, 0.25) is 10.0 Å². The molecule has 1 N–H and O–H groups in total. The van der Waals surface area contributed by atoms with Crippen LogP contribution >= 0.6 is 34.5 Å². The van der Waals surface area contributed by atoms with E-state index in [2.05, 4.69) is 15.4 Å². The molecule has 2 heterocycles. The van der Waals surface area contributed by atoms with Crippen LogP contribution in [0.5, 0.6) is 0 Å². The number of hydrogen-bond acceptors (Lipinski definition) is 4. The van der Waals surface area contributed by atoms with Crippen molar-refractivity contribution in [1.29, 1.82) is 0 Å². The Bertz CT molecular complexity index is 1360. The number of nitrogens with one attached hydrogen (secondary N) is 1. The van der Waals surface area contributed by atoms with E-state index in [9.17, 15) is 4.79 Å². The van der Waals surface area contributed by atoms with Crippen molar-refractivity contribution in [2.45, 2.75) is 5.92 Å². The monoisotopic (exact) mass is 478 g/mol. The normalized spacial score (nSPS) is 11.2. The van der Waals surface area contributed by atoms with E-state index >= 15 is 0 Å². The molecule has 0 aliphatic rings. The third kappa shape index (κ3) is 4.00. The van der Waals surface area contributed by atoms with Crippen molar-refractivity contribution >= 4 is 51.4 Å². The molecule has 8 heteroatoms. The Morgan fingerprint density at radius 2 is 1.59 bits per heavy atom. The first-order valence-electron chi connectivity index (χ1n) is 9.80. The van der Waals surface area contributed by atoms with Gasteiger partial charge < -0.3 is 0 Å². The fourth-order valence-electron chi connectivity index (χ4n) is 3.59. The predicted octanol–water partition coefficient (Wildman–Crippen LogP) is 6.54. The molecule has 0 spiro atoms. The van der Waals surface area contributed by atoms with Gasteiger partial charge in [0.15, 0.2) is 0 Å². The summed E-state index contributed by atoms with van der Waals surface area (Å²) in [6.07, 6.45) is 0. The van der Waals surface area contributed by atoms with E-state index in [0.717, 1.165) is 22.4 Å². The van der Waals surface area contributed by atoms with Gasteiger partial charge in [-0.2, -0.15) is 4.98 Å². The number of carbonyl (C=O) groups is 1. The summed E-state index contributed by atoms with van der Waals surface area (Å²) in [6.45, 7) is 0. The molecule has 5 nitrogen and oxygen atoms in total. The van der Waals surface area contributed by atoms with Crippen LogP contribution in [0.4, 0.5) is 5.95 Å². The fourth-order valence-corrected chi connectivity index (χ4v) is 4.91. The fraction of sp³-hybridized carbons (Fsp3) is 0.0417. The molecule has 0 saturated carbocycles. The summed E-state index contributed by atoms with van der Waals surface area (Å²) in [5.41, 5.74) is 3.36. The van der Waals surface area contributed by atoms with Gasteiger partial charge >= 0.3 is 0 Å². The van der Waals surface area contributed by atoms with Crippen LogP contribution in [-0.4, -0.2) is 20.5 Å². The van der Waals surface area contributed by atoms with Gasteiger partial charge in [0.05, 0.1) is 16.6 Å². The zero-order chi connectivity index (χ0) is 22.1. The van der Waals surface area contributed by atoms with Gasteiger partial charge in [0, 0.05) is 16.0 Å². The minimum absolute atomic E-state index is 0.202. The summed E-state index contributed by atoms with van der Waals surface area (Å²) in [5.74, 6) is -0.444. The van der Waals surface area contributed by atoms with E-state index in [4.69, 9.17) is 23.2 Å². The second-order valence-corrected chi connectivity index (χ2v) is 8.80. The largest absolute Gasteiger partial charge is 0.292 e. The number of thiazole rings is 1. The van der Waals surface area contributed by atoms with Gasteiger partial charge in [0.1, 0.15) is 0 Å². The third-order valence-corrected chi connectivity index (χ3v) is 6.42. The van der Waals surface area contributed by atoms with Crippen LogP contribution in [0.25, 0.3) is 16.2 Å². The van der Waals surface area contributed by atoms with Crippen molar-refractivity contribution in [1.82, 2.24) is 14.6 Å². The molecular weight excluding hydrogens is 463 g/mol. The number of hydrogen-bond donors (Lipinski definition) is 1. The topological polar surface area (TPSA) is 59.3 Å². The minimum Gasteiger partial charge on any atom is -0.292 e. The van der Waals surface area contributed by atoms with Gasteiger partial charge in [0.2, 0.25) is 16.8 Å². The Labute approximate surface area is 198 Å². The number of amides is 1.